The van der Waals surface area contributed by atoms with Crippen LogP contribution in [0.15, 0.2) is 51.9 Å². The number of nitrogens with zero attached hydrogens (tertiary/aromatic N) is 2. The number of carbonyl (C=O) groups is 1. The number of hydrogen-bond donors (Lipinski definition) is 0. The summed E-state index contributed by atoms with van der Waals surface area (Å²) in [6.07, 6.45) is 0. The molecular formula is C17H14BrFN2O2S. The monoisotopic (exact) mass is 408 g/mol. The van der Waals surface area contributed by atoms with Crippen molar-refractivity contribution < 1.29 is 13.9 Å². The molecule has 1 heterocycles. The molecule has 0 aliphatic rings. The summed E-state index contributed by atoms with van der Waals surface area (Å²) in [6, 6.07) is 11.4. The molecule has 0 N–H and O–H groups in total. The van der Waals surface area contributed by atoms with Gasteiger partial charge in [-0.1, -0.05) is 33.3 Å². The number of thiazole rings is 1. The standard InChI is InChI=1S/C17H14BrFN2O2S/c1-23-8-7-21-14-6-5-12(18)10-15(14)24-17(21)20-16(22)11-3-2-4-13(19)9-11/h2-6,9-10H,7-8H2,1H3. The average Bonchev–Trinajstić information content (AvgIpc) is 2.89. The van der Waals surface area contributed by atoms with Crippen LogP contribution in [0.25, 0.3) is 10.2 Å². The van der Waals surface area contributed by atoms with Crippen molar-refractivity contribution in [1.82, 2.24) is 4.57 Å². The zero-order valence-corrected chi connectivity index (χ0v) is 15.2. The lowest BCUT2D eigenvalue weighted by atomic mass is 10.2. The van der Waals surface area contributed by atoms with E-state index in [2.05, 4.69) is 20.9 Å². The molecule has 0 aliphatic carbocycles. The van der Waals surface area contributed by atoms with E-state index in [9.17, 15) is 9.18 Å². The molecule has 3 rings (SSSR count). The fraction of sp³-hybridized carbons (Fsp3) is 0.176. The SMILES string of the molecule is COCCn1c(=NC(=O)c2cccc(F)c2)sc2cc(Br)ccc21. The molecule has 1 amide bonds. The zero-order valence-electron chi connectivity index (χ0n) is 12.8. The summed E-state index contributed by atoms with van der Waals surface area (Å²) in [4.78, 5) is 17.1. The number of carbonyl (C=O) groups excluding carboxylic acids is 1. The van der Waals surface area contributed by atoms with Crippen molar-refractivity contribution in [2.45, 2.75) is 6.54 Å². The predicted octanol–water partition coefficient (Wildman–Crippen LogP) is 3.99. The highest BCUT2D eigenvalue weighted by Crippen LogP contribution is 2.22. The molecule has 0 saturated heterocycles. The number of halogens is 2. The lowest BCUT2D eigenvalue weighted by Crippen LogP contribution is -2.19. The fourth-order valence-electron chi connectivity index (χ4n) is 2.30. The highest BCUT2D eigenvalue weighted by molar-refractivity contribution is 9.10. The van der Waals surface area contributed by atoms with Gasteiger partial charge in [0.1, 0.15) is 5.82 Å². The van der Waals surface area contributed by atoms with Gasteiger partial charge in [0.05, 0.1) is 16.8 Å². The van der Waals surface area contributed by atoms with Crippen molar-refractivity contribution in [3.05, 3.63) is 63.1 Å². The number of benzene rings is 2. The van der Waals surface area contributed by atoms with Gasteiger partial charge in [0.2, 0.25) is 0 Å². The molecule has 0 spiro atoms. The van der Waals surface area contributed by atoms with Crippen molar-refractivity contribution in [3.63, 3.8) is 0 Å². The number of ether oxygens (including phenoxy) is 1. The van der Waals surface area contributed by atoms with E-state index in [1.165, 1.54) is 29.5 Å². The molecular weight excluding hydrogens is 395 g/mol. The second-order valence-corrected chi connectivity index (χ2v) is 6.99. The maximum absolute atomic E-state index is 13.3. The van der Waals surface area contributed by atoms with Crippen molar-refractivity contribution >= 4 is 43.4 Å². The first-order chi connectivity index (χ1) is 11.6. The van der Waals surface area contributed by atoms with Crippen molar-refractivity contribution in [1.29, 1.82) is 0 Å². The van der Waals surface area contributed by atoms with Crippen molar-refractivity contribution in [2.24, 2.45) is 4.99 Å². The Labute approximate surface area is 150 Å². The van der Waals surface area contributed by atoms with E-state index < -0.39 is 11.7 Å². The van der Waals surface area contributed by atoms with Gasteiger partial charge in [-0.15, -0.1) is 0 Å². The molecule has 0 aliphatic heterocycles. The smallest absolute Gasteiger partial charge is 0.279 e. The van der Waals surface area contributed by atoms with Gasteiger partial charge < -0.3 is 9.30 Å². The zero-order chi connectivity index (χ0) is 17.1. The van der Waals surface area contributed by atoms with Crippen molar-refractivity contribution in [2.75, 3.05) is 13.7 Å². The van der Waals surface area contributed by atoms with E-state index >= 15 is 0 Å². The van der Waals surface area contributed by atoms with Crippen LogP contribution in [-0.2, 0) is 11.3 Å². The molecule has 0 radical (unpaired) electrons. The second kappa shape index (κ2) is 7.38. The second-order valence-electron chi connectivity index (χ2n) is 5.07. The Bertz CT molecular complexity index is 965. The number of hydrogen-bond acceptors (Lipinski definition) is 3. The Hall–Kier alpha value is -1.83. The number of rotatable bonds is 4. The van der Waals surface area contributed by atoms with Crippen LogP contribution in [-0.4, -0.2) is 24.2 Å². The minimum atomic E-state index is -0.466. The summed E-state index contributed by atoms with van der Waals surface area (Å²) < 4.78 is 22.4. The minimum absolute atomic E-state index is 0.229. The number of aromatic nitrogens is 1. The molecule has 0 unspecified atom stereocenters. The van der Waals surface area contributed by atoms with Crippen LogP contribution in [0.4, 0.5) is 4.39 Å². The van der Waals surface area contributed by atoms with Gasteiger partial charge in [-0.2, -0.15) is 4.99 Å². The fourth-order valence-corrected chi connectivity index (χ4v) is 3.91. The van der Waals surface area contributed by atoms with Gasteiger partial charge in [0, 0.05) is 23.7 Å². The molecule has 1 aromatic heterocycles. The Kier molecular flexibility index (Phi) is 5.23. The first-order valence-electron chi connectivity index (χ1n) is 7.21. The first-order valence-corrected chi connectivity index (χ1v) is 8.82. The van der Waals surface area contributed by atoms with E-state index in [1.54, 1.807) is 13.2 Å². The van der Waals surface area contributed by atoms with E-state index in [0.717, 1.165) is 14.7 Å². The topological polar surface area (TPSA) is 43.6 Å². The lowest BCUT2D eigenvalue weighted by Gasteiger charge is -2.04. The summed E-state index contributed by atoms with van der Waals surface area (Å²) in [7, 11) is 1.63. The molecule has 7 heteroatoms. The van der Waals surface area contributed by atoms with Crippen LogP contribution in [0.2, 0.25) is 0 Å². The van der Waals surface area contributed by atoms with E-state index in [1.807, 2.05) is 22.8 Å². The summed E-state index contributed by atoms with van der Waals surface area (Å²) in [5.41, 5.74) is 1.21. The Balaban J connectivity index is 2.11. The normalized spacial score (nSPS) is 12.0. The quantitative estimate of drug-likeness (QED) is 0.654. The summed E-state index contributed by atoms with van der Waals surface area (Å²) >= 11 is 4.86. The summed E-state index contributed by atoms with van der Waals surface area (Å²) in [5, 5.41) is 0. The predicted molar refractivity (Wildman–Crippen MR) is 95.7 cm³/mol. The van der Waals surface area contributed by atoms with Gasteiger partial charge in [0.15, 0.2) is 4.80 Å². The maximum atomic E-state index is 13.3. The first kappa shape index (κ1) is 17.0. The van der Waals surface area contributed by atoms with Crippen LogP contribution in [0.1, 0.15) is 10.4 Å². The van der Waals surface area contributed by atoms with Crippen LogP contribution in [0.3, 0.4) is 0 Å². The highest BCUT2D eigenvalue weighted by atomic mass is 79.9. The molecule has 4 nitrogen and oxygen atoms in total. The third-order valence-electron chi connectivity index (χ3n) is 3.43. The highest BCUT2D eigenvalue weighted by Gasteiger charge is 2.10. The minimum Gasteiger partial charge on any atom is -0.383 e. The third kappa shape index (κ3) is 3.63. The van der Waals surface area contributed by atoms with E-state index in [4.69, 9.17) is 4.74 Å². The average molecular weight is 409 g/mol. The largest absolute Gasteiger partial charge is 0.383 e. The van der Waals surface area contributed by atoms with Gasteiger partial charge in [-0.3, -0.25) is 4.79 Å². The molecule has 0 saturated carbocycles. The van der Waals surface area contributed by atoms with Crippen LogP contribution in [0.5, 0.6) is 0 Å². The molecule has 3 aromatic rings. The molecule has 24 heavy (non-hydrogen) atoms. The van der Waals surface area contributed by atoms with Gasteiger partial charge in [0.25, 0.3) is 5.91 Å². The maximum Gasteiger partial charge on any atom is 0.279 e. The third-order valence-corrected chi connectivity index (χ3v) is 4.97. The van der Waals surface area contributed by atoms with E-state index in [0.29, 0.717) is 18.0 Å². The van der Waals surface area contributed by atoms with Gasteiger partial charge in [-0.25, -0.2) is 4.39 Å². The molecule has 0 atom stereocenters. The molecule has 0 fully saturated rings. The molecule has 124 valence electrons. The van der Waals surface area contributed by atoms with Gasteiger partial charge in [-0.05, 0) is 36.4 Å². The van der Waals surface area contributed by atoms with Crippen molar-refractivity contribution in [3.8, 4) is 0 Å². The number of methoxy groups -OCH3 is 1. The lowest BCUT2D eigenvalue weighted by molar-refractivity contribution is 0.0997. The van der Waals surface area contributed by atoms with Crippen LogP contribution < -0.4 is 4.80 Å². The molecule has 0 bridgehead atoms. The Morgan fingerprint density at radius 2 is 2.17 bits per heavy atom. The Morgan fingerprint density at radius 3 is 2.92 bits per heavy atom. The van der Waals surface area contributed by atoms with Crippen LogP contribution >= 0.6 is 27.3 Å². The van der Waals surface area contributed by atoms with Gasteiger partial charge >= 0.3 is 0 Å². The van der Waals surface area contributed by atoms with E-state index in [-0.39, 0.29) is 5.56 Å². The summed E-state index contributed by atoms with van der Waals surface area (Å²) in [5.74, 6) is -0.921. The number of fused-ring (bicyclic) bond motifs is 1. The van der Waals surface area contributed by atoms with Crippen LogP contribution in [0, 0.1) is 5.82 Å². The summed E-state index contributed by atoms with van der Waals surface area (Å²) in [6.45, 7) is 1.08. The Morgan fingerprint density at radius 1 is 1.33 bits per heavy atom. The molecule has 2 aromatic carbocycles. The number of amides is 1.